The molecule has 0 radical (unpaired) electrons. The third kappa shape index (κ3) is 5.07. The molecule has 11 heavy (non-hydrogen) atoms. The first-order chi connectivity index (χ1) is 4.83. The Balaban J connectivity index is 4.47. The number of hydrogen-bond donors (Lipinski definition) is 3. The molecular formula is CH8N3O3PS3. The maximum absolute atomic E-state index is 11.2. The van der Waals surface area contributed by atoms with Gasteiger partial charge in [0, 0.05) is 23.1 Å². The lowest BCUT2D eigenvalue weighted by molar-refractivity contribution is 0.583. The summed E-state index contributed by atoms with van der Waals surface area (Å²) in [5, 5.41) is 9.90. The zero-order valence-corrected chi connectivity index (χ0v) is 8.90. The summed E-state index contributed by atoms with van der Waals surface area (Å²) in [7, 11) is -3.52. The van der Waals surface area contributed by atoms with Gasteiger partial charge in [-0.15, -0.1) is 4.49 Å². The van der Waals surface area contributed by atoms with Crippen molar-refractivity contribution in [3.63, 3.8) is 0 Å². The first-order valence-electron chi connectivity index (χ1n) is 2.19. The monoisotopic (exact) mass is 237 g/mol. The minimum absolute atomic E-state index is 0.402. The van der Waals surface area contributed by atoms with Crippen LogP contribution < -0.4 is 14.8 Å². The summed E-state index contributed by atoms with van der Waals surface area (Å²) < 4.78 is 34.1. The van der Waals surface area contributed by atoms with Crippen LogP contribution in [-0.2, 0) is 14.6 Å². The van der Waals surface area contributed by atoms with Crippen molar-refractivity contribution in [2.45, 2.75) is 0 Å². The van der Waals surface area contributed by atoms with E-state index in [0.717, 1.165) is 6.26 Å². The maximum atomic E-state index is 11.2. The molecule has 0 spiro atoms. The van der Waals surface area contributed by atoms with Gasteiger partial charge in [-0.2, -0.15) is 0 Å². The number of nitrogens with one attached hydrogen (secondary N) is 1. The zero-order chi connectivity index (χ0) is 9.12. The van der Waals surface area contributed by atoms with E-state index in [0.29, 0.717) is 23.1 Å². The van der Waals surface area contributed by atoms with Crippen LogP contribution >= 0.6 is 28.8 Å². The highest BCUT2D eigenvalue weighted by atomic mass is 33.1. The Bertz CT molecular complexity index is 253. The second kappa shape index (κ2) is 4.13. The Hall–Kier alpha value is 0.760. The van der Waals surface area contributed by atoms with Gasteiger partial charge in [0.2, 0.25) is 10.0 Å². The van der Waals surface area contributed by atoms with Gasteiger partial charge in [0.15, 0.2) is 0 Å². The Labute approximate surface area is 73.1 Å². The van der Waals surface area contributed by atoms with Gasteiger partial charge in [0.05, 0.1) is 6.26 Å². The van der Waals surface area contributed by atoms with E-state index in [4.69, 9.17) is 10.3 Å². The van der Waals surface area contributed by atoms with E-state index in [2.05, 4.69) is 0 Å². The molecule has 0 heterocycles. The van der Waals surface area contributed by atoms with Gasteiger partial charge in [-0.3, -0.25) is 14.8 Å². The van der Waals surface area contributed by atoms with Crippen LogP contribution in [0.15, 0.2) is 0 Å². The molecular weight excluding hydrogens is 229 g/mol. The first kappa shape index (κ1) is 11.8. The smallest absolute Gasteiger partial charge is 0.279 e. The molecule has 0 saturated carbocycles. The fraction of sp³-hybridized carbons (Fsp3) is 1.00. The van der Waals surface area contributed by atoms with Crippen molar-refractivity contribution >= 4 is 38.9 Å². The largest absolute Gasteiger partial charge is 0.296 e. The molecule has 5 N–H and O–H groups in total. The molecule has 0 unspecified atom stereocenters. The summed E-state index contributed by atoms with van der Waals surface area (Å²) in [4.78, 5) is 0. The van der Waals surface area contributed by atoms with Crippen LogP contribution in [0.2, 0.25) is 0 Å². The number of hydrogen-bond acceptors (Lipinski definition) is 7. The van der Waals surface area contributed by atoms with Gasteiger partial charge in [-0.25, -0.2) is 8.42 Å². The molecule has 6 nitrogen and oxygen atoms in total. The topological polar surface area (TPSA) is 115 Å². The molecule has 0 aliphatic rings. The van der Waals surface area contributed by atoms with Crippen LogP contribution in [0, 0.1) is 0 Å². The molecule has 0 atom stereocenters. The maximum Gasteiger partial charge on any atom is 0.296 e. The van der Waals surface area contributed by atoms with Crippen molar-refractivity contribution in [1.29, 1.82) is 0 Å². The summed E-state index contributed by atoms with van der Waals surface area (Å²) in [6, 6.07) is 0. The Kier molecular flexibility index (Phi) is 4.41. The second-order valence-corrected chi connectivity index (χ2v) is 10.3. The van der Waals surface area contributed by atoms with Gasteiger partial charge < -0.3 is 0 Å². The fourth-order valence-corrected chi connectivity index (χ4v) is 6.10. The molecule has 0 saturated heterocycles. The van der Waals surface area contributed by atoms with E-state index in [9.17, 15) is 13.0 Å². The van der Waals surface area contributed by atoms with E-state index in [1.54, 1.807) is 0 Å². The van der Waals surface area contributed by atoms with Gasteiger partial charge in [0.1, 0.15) is 0 Å². The van der Waals surface area contributed by atoms with Crippen molar-refractivity contribution < 1.29 is 13.0 Å². The Morgan fingerprint density at radius 3 is 1.82 bits per heavy atom. The third-order valence-electron chi connectivity index (χ3n) is 0.555. The normalized spacial score (nSPS) is 13.4. The molecule has 0 aromatic heterocycles. The molecule has 0 rings (SSSR count). The summed E-state index contributed by atoms with van der Waals surface area (Å²) in [5.41, 5.74) is -3.25. The zero-order valence-electron chi connectivity index (χ0n) is 5.55. The third-order valence-corrected chi connectivity index (χ3v) is 7.89. The van der Waals surface area contributed by atoms with Crippen LogP contribution in [-0.4, -0.2) is 14.7 Å². The Morgan fingerprint density at radius 2 is 1.73 bits per heavy atom. The minimum Gasteiger partial charge on any atom is -0.279 e. The van der Waals surface area contributed by atoms with E-state index in [-0.39, 0.29) is 0 Å². The van der Waals surface area contributed by atoms with Gasteiger partial charge in [-0.1, -0.05) is 0 Å². The highest BCUT2D eigenvalue weighted by Crippen LogP contribution is 2.60. The molecule has 0 aliphatic carbocycles. The fourth-order valence-electron chi connectivity index (χ4n) is 0.271. The summed E-state index contributed by atoms with van der Waals surface area (Å²) in [6.45, 7) is 0. The van der Waals surface area contributed by atoms with E-state index >= 15 is 0 Å². The van der Waals surface area contributed by atoms with Crippen LogP contribution in [0.1, 0.15) is 0 Å². The molecule has 0 aromatic carbocycles. The van der Waals surface area contributed by atoms with Gasteiger partial charge in [0.25, 0.3) is 5.70 Å². The highest BCUT2D eigenvalue weighted by Gasteiger charge is 2.25. The first-order valence-corrected chi connectivity index (χ1v) is 8.76. The van der Waals surface area contributed by atoms with Crippen LogP contribution in [0.5, 0.6) is 0 Å². The molecule has 10 heteroatoms. The molecule has 0 aromatic rings. The lowest BCUT2D eigenvalue weighted by atomic mass is 12.0. The quantitative estimate of drug-likeness (QED) is 0.460. The molecule has 68 valence electrons. The van der Waals surface area contributed by atoms with Gasteiger partial charge in [-0.05, 0) is 0 Å². The van der Waals surface area contributed by atoms with Crippen molar-refractivity contribution in [3.05, 3.63) is 0 Å². The average molecular weight is 237 g/mol. The lowest BCUT2D eigenvalue weighted by Crippen LogP contribution is -2.17. The minimum atomic E-state index is -3.52. The van der Waals surface area contributed by atoms with E-state index in [1.807, 2.05) is 4.49 Å². The molecule has 0 fully saturated rings. The van der Waals surface area contributed by atoms with Crippen molar-refractivity contribution in [1.82, 2.24) is 4.49 Å². The summed E-state index contributed by atoms with van der Waals surface area (Å²) in [5.74, 6) is 0. The van der Waals surface area contributed by atoms with Crippen molar-refractivity contribution in [2.24, 2.45) is 10.3 Å². The Morgan fingerprint density at radius 1 is 1.36 bits per heavy atom. The van der Waals surface area contributed by atoms with Gasteiger partial charge >= 0.3 is 0 Å². The van der Waals surface area contributed by atoms with E-state index < -0.39 is 15.7 Å². The van der Waals surface area contributed by atoms with Crippen LogP contribution in [0.25, 0.3) is 0 Å². The highest BCUT2D eigenvalue weighted by molar-refractivity contribution is 8.89. The lowest BCUT2D eigenvalue weighted by Gasteiger charge is -2.10. The molecule has 0 bridgehead atoms. The van der Waals surface area contributed by atoms with Crippen molar-refractivity contribution in [3.8, 4) is 0 Å². The average Bonchev–Trinajstić information content (AvgIpc) is 1.84. The van der Waals surface area contributed by atoms with Crippen LogP contribution in [0.4, 0.5) is 0 Å². The second-order valence-electron chi connectivity index (χ2n) is 1.57. The predicted molar refractivity (Wildman–Crippen MR) is 49.1 cm³/mol. The number of nitrogens with two attached hydrogens (primary N) is 2. The SMILES string of the molecule is CS(=O)(=O)NP(=O)(SN)SN. The molecule has 0 amide bonds. The summed E-state index contributed by atoms with van der Waals surface area (Å²) in [6.07, 6.45) is 0.881. The van der Waals surface area contributed by atoms with E-state index in [1.165, 1.54) is 0 Å². The molecule has 0 aliphatic heterocycles. The standard InChI is InChI=1S/CH8N3O3PS3/c1-11(6,7)4-8(5,9-2)10-3/h2-3H2,1H3,(H,4,5). The number of rotatable bonds is 4. The van der Waals surface area contributed by atoms with Crippen LogP contribution in [0.3, 0.4) is 0 Å². The number of sulfonamides is 1. The summed E-state index contributed by atoms with van der Waals surface area (Å²) >= 11 is 0.805. The predicted octanol–water partition coefficient (Wildman–Crippen LogP) is -0.143. The van der Waals surface area contributed by atoms with Crippen molar-refractivity contribution in [2.75, 3.05) is 6.26 Å².